The fraction of sp³-hybridized carbons (Fsp3) is 0. The van der Waals surface area contributed by atoms with Crippen LogP contribution in [0.4, 0.5) is 17.1 Å². The molecule has 14 rings (SSSR count). The van der Waals surface area contributed by atoms with Gasteiger partial charge in [0.1, 0.15) is 11.2 Å². The fourth-order valence-electron chi connectivity index (χ4n) is 10.9. The van der Waals surface area contributed by atoms with E-state index < -0.39 is 0 Å². The minimum atomic E-state index is 0.880. The highest BCUT2D eigenvalue weighted by Gasteiger charge is 2.22. The highest BCUT2D eigenvalue weighted by atomic mass is 16.3. The van der Waals surface area contributed by atoms with E-state index in [4.69, 9.17) is 4.42 Å². The van der Waals surface area contributed by atoms with Crippen LogP contribution in [-0.4, -0.2) is 9.13 Å². The number of nitrogens with zero attached hydrogens (tertiary/aromatic N) is 3. The number of furan rings is 1. The Kier molecular flexibility index (Phi) is 8.55. The topological polar surface area (TPSA) is 26.2 Å². The lowest BCUT2D eigenvalue weighted by Gasteiger charge is -2.28. The lowest BCUT2D eigenvalue weighted by molar-refractivity contribution is 0.672. The Morgan fingerprint density at radius 3 is 1.57 bits per heavy atom. The van der Waals surface area contributed by atoms with Gasteiger partial charge < -0.3 is 18.5 Å². The zero-order valence-electron chi connectivity index (χ0n) is 36.9. The van der Waals surface area contributed by atoms with Gasteiger partial charge in [0.05, 0.1) is 33.4 Å². The van der Waals surface area contributed by atoms with Crippen LogP contribution in [0.5, 0.6) is 0 Å². The number of aromatic nitrogens is 2. The van der Waals surface area contributed by atoms with Gasteiger partial charge in [-0.25, -0.2) is 0 Å². The van der Waals surface area contributed by atoms with Crippen molar-refractivity contribution < 1.29 is 4.42 Å². The van der Waals surface area contributed by atoms with Crippen LogP contribution in [-0.2, 0) is 0 Å². The van der Waals surface area contributed by atoms with E-state index in [0.29, 0.717) is 0 Å². The largest absolute Gasteiger partial charge is 0.455 e. The van der Waals surface area contributed by atoms with Gasteiger partial charge in [-0.05, 0) is 101 Å². The molecular formula is C64H41N3O. The SMILES string of the molecule is c1cc(N(c2ccc(-c3ccccc3-n3c4ccccc4c4ccccc43)cc2)c2ccccc2-c2ccc3oc4c5ccccc5ccc4c3c2)cc(-n2c3ccccc3c3ccccc32)c1. The van der Waals surface area contributed by atoms with Gasteiger partial charge >= 0.3 is 0 Å². The summed E-state index contributed by atoms with van der Waals surface area (Å²) in [6.07, 6.45) is 0. The minimum absolute atomic E-state index is 0.880. The van der Waals surface area contributed by atoms with Crippen LogP contribution in [0.25, 0.3) is 110 Å². The van der Waals surface area contributed by atoms with E-state index in [9.17, 15) is 0 Å². The third-order valence-corrected chi connectivity index (χ3v) is 13.9. The predicted molar refractivity (Wildman–Crippen MR) is 285 cm³/mol. The van der Waals surface area contributed by atoms with Gasteiger partial charge in [-0.2, -0.15) is 0 Å². The number of hydrogen-bond donors (Lipinski definition) is 0. The molecule has 3 aromatic heterocycles. The molecule has 0 spiro atoms. The van der Waals surface area contributed by atoms with Crippen molar-refractivity contribution >= 4 is 93.4 Å². The van der Waals surface area contributed by atoms with Crippen LogP contribution < -0.4 is 4.90 Å². The second-order valence-electron chi connectivity index (χ2n) is 17.7. The summed E-state index contributed by atoms with van der Waals surface area (Å²) in [6, 6.07) is 90.0. The van der Waals surface area contributed by atoms with Gasteiger partial charge in [-0.1, -0.05) is 164 Å². The third kappa shape index (κ3) is 5.87. The first-order valence-electron chi connectivity index (χ1n) is 23.3. The Balaban J connectivity index is 0.951. The van der Waals surface area contributed by atoms with Gasteiger partial charge in [0.15, 0.2) is 0 Å². The quantitative estimate of drug-likeness (QED) is 0.160. The first kappa shape index (κ1) is 38.2. The number of benzene rings is 11. The van der Waals surface area contributed by atoms with E-state index in [2.05, 4.69) is 263 Å². The van der Waals surface area contributed by atoms with Crippen molar-refractivity contribution in [1.29, 1.82) is 0 Å². The average molecular weight is 868 g/mol. The lowest BCUT2D eigenvalue weighted by Crippen LogP contribution is -2.12. The van der Waals surface area contributed by atoms with Crippen LogP contribution in [0.3, 0.4) is 0 Å². The Morgan fingerprint density at radius 1 is 0.324 bits per heavy atom. The van der Waals surface area contributed by atoms with Crippen molar-refractivity contribution in [2.75, 3.05) is 4.90 Å². The molecule has 0 aliphatic carbocycles. The molecule has 0 radical (unpaired) electrons. The number of rotatable bonds is 7. The number of anilines is 3. The lowest BCUT2D eigenvalue weighted by atomic mass is 9.98. The number of hydrogen-bond acceptors (Lipinski definition) is 2. The average Bonchev–Trinajstić information content (AvgIpc) is 4.07. The third-order valence-electron chi connectivity index (χ3n) is 13.9. The molecular weight excluding hydrogens is 827 g/mol. The summed E-state index contributed by atoms with van der Waals surface area (Å²) >= 11 is 0. The highest BCUT2D eigenvalue weighted by molar-refractivity contribution is 6.16. The van der Waals surface area contributed by atoms with Crippen LogP contribution in [0.2, 0.25) is 0 Å². The normalized spacial score (nSPS) is 11.8. The molecule has 0 unspecified atom stereocenters. The van der Waals surface area contributed by atoms with Gasteiger partial charge in [0.2, 0.25) is 0 Å². The van der Waals surface area contributed by atoms with Crippen molar-refractivity contribution in [1.82, 2.24) is 9.13 Å². The van der Waals surface area contributed by atoms with Crippen LogP contribution >= 0.6 is 0 Å². The summed E-state index contributed by atoms with van der Waals surface area (Å²) in [5, 5.41) is 9.49. The number of fused-ring (bicyclic) bond motifs is 11. The molecule has 0 aliphatic rings. The summed E-state index contributed by atoms with van der Waals surface area (Å²) in [7, 11) is 0. The Morgan fingerprint density at radius 2 is 0.882 bits per heavy atom. The van der Waals surface area contributed by atoms with Crippen molar-refractivity contribution in [2.45, 2.75) is 0 Å². The van der Waals surface area contributed by atoms with Gasteiger partial charge in [-0.15, -0.1) is 0 Å². The zero-order chi connectivity index (χ0) is 44.7. The molecule has 4 heteroatoms. The van der Waals surface area contributed by atoms with Crippen molar-refractivity contribution in [3.63, 3.8) is 0 Å². The van der Waals surface area contributed by atoms with E-state index >= 15 is 0 Å². The van der Waals surface area contributed by atoms with Crippen LogP contribution in [0, 0.1) is 0 Å². The van der Waals surface area contributed by atoms with Crippen LogP contribution in [0.15, 0.2) is 253 Å². The van der Waals surface area contributed by atoms with Crippen LogP contribution in [0.1, 0.15) is 0 Å². The first-order chi connectivity index (χ1) is 33.7. The molecule has 0 saturated carbocycles. The zero-order valence-corrected chi connectivity index (χ0v) is 36.9. The fourth-order valence-corrected chi connectivity index (χ4v) is 10.9. The van der Waals surface area contributed by atoms with Crippen molar-refractivity contribution in [3.8, 4) is 33.6 Å². The van der Waals surface area contributed by atoms with Crippen molar-refractivity contribution in [3.05, 3.63) is 249 Å². The molecule has 0 atom stereocenters. The molecule has 11 aromatic carbocycles. The second-order valence-corrected chi connectivity index (χ2v) is 17.7. The van der Waals surface area contributed by atoms with E-state index in [1.54, 1.807) is 0 Å². The molecule has 318 valence electrons. The number of para-hydroxylation sites is 6. The summed E-state index contributed by atoms with van der Waals surface area (Å²) in [5.74, 6) is 0. The molecule has 0 amide bonds. The van der Waals surface area contributed by atoms with E-state index in [-0.39, 0.29) is 0 Å². The predicted octanol–water partition coefficient (Wildman–Crippen LogP) is 17.7. The highest BCUT2D eigenvalue weighted by Crippen LogP contribution is 2.45. The molecule has 0 aliphatic heterocycles. The second kappa shape index (κ2) is 15.2. The molecule has 0 saturated heterocycles. The Hall–Kier alpha value is -9.12. The van der Waals surface area contributed by atoms with E-state index in [0.717, 1.165) is 72.5 Å². The molecule has 3 heterocycles. The maximum absolute atomic E-state index is 6.59. The smallest absolute Gasteiger partial charge is 0.143 e. The molecule has 0 bridgehead atoms. The summed E-state index contributed by atoms with van der Waals surface area (Å²) in [6.45, 7) is 0. The van der Waals surface area contributed by atoms with Crippen molar-refractivity contribution in [2.24, 2.45) is 0 Å². The Labute approximate surface area is 392 Å². The maximum atomic E-state index is 6.59. The van der Waals surface area contributed by atoms with E-state index in [1.165, 1.54) is 54.6 Å². The molecule has 0 N–H and O–H groups in total. The van der Waals surface area contributed by atoms with E-state index in [1.807, 2.05) is 0 Å². The first-order valence-corrected chi connectivity index (χ1v) is 23.3. The maximum Gasteiger partial charge on any atom is 0.143 e. The minimum Gasteiger partial charge on any atom is -0.455 e. The van der Waals surface area contributed by atoms with Gasteiger partial charge in [-0.3, -0.25) is 0 Å². The van der Waals surface area contributed by atoms with Gasteiger partial charge in [0.25, 0.3) is 0 Å². The molecule has 14 aromatic rings. The Bertz CT molecular complexity index is 4180. The monoisotopic (exact) mass is 867 g/mol. The molecule has 68 heavy (non-hydrogen) atoms. The van der Waals surface area contributed by atoms with Gasteiger partial charge in [0, 0.05) is 65.9 Å². The standard InChI is InChI=1S/C64H41N3O/c1-2-21-50-42(16-1)34-38-55-56-40-44(35-39-63(56)68-64(50)55)49-20-4-9-26-57(49)65(46-17-15-18-47(41-46)66-59-28-11-5-22-51(59)52-23-6-12-29-60(52)66)45-36-32-43(33-37-45)48-19-3-10-27-58(48)67-61-30-13-7-24-53(61)54-25-8-14-31-62(54)67/h1-41H. The summed E-state index contributed by atoms with van der Waals surface area (Å²) in [5.41, 5.74) is 16.5. The summed E-state index contributed by atoms with van der Waals surface area (Å²) in [4.78, 5) is 2.42. The molecule has 0 fully saturated rings. The summed E-state index contributed by atoms with van der Waals surface area (Å²) < 4.78 is 11.4. The molecule has 4 nitrogen and oxygen atoms in total.